The molecule has 4 aliphatic rings. The molecule has 0 unspecified atom stereocenters. The van der Waals surface area contributed by atoms with Gasteiger partial charge in [0.2, 0.25) is 0 Å². The third-order valence-electron chi connectivity index (χ3n) is 12.1. The molecule has 222 valence electrons. The van der Waals surface area contributed by atoms with Crippen molar-refractivity contribution in [3.63, 3.8) is 0 Å². The Morgan fingerprint density at radius 2 is 0.537 bits per heavy atom. The topological polar surface area (TPSA) is 0 Å². The van der Waals surface area contributed by atoms with Crippen LogP contribution in [-0.2, 0) is 43.3 Å². The van der Waals surface area contributed by atoms with E-state index in [1.165, 1.54) is 25.7 Å². The summed E-state index contributed by atoms with van der Waals surface area (Å²) in [6.07, 6.45) is 5.00. The number of fused-ring (bicyclic) bond motifs is 4. The Labute approximate surface area is 259 Å². The normalized spacial score (nSPS) is 27.3. The molecule has 0 nitrogen and oxygen atoms in total. The van der Waals surface area contributed by atoms with E-state index in [2.05, 4.69) is 123 Å². The fraction of sp³-hybridized carbons (Fsp3) is 0.700. The molecule has 2 aromatic carbocycles. The second-order valence-electron chi connectivity index (χ2n) is 20.1. The molecule has 2 aromatic rings. The molecule has 0 aliphatic heterocycles. The van der Waals surface area contributed by atoms with Gasteiger partial charge in [0, 0.05) is 0 Å². The Morgan fingerprint density at radius 1 is 0.341 bits per heavy atom. The van der Waals surface area contributed by atoms with E-state index in [4.69, 9.17) is 0 Å². The molecule has 0 saturated carbocycles. The van der Waals surface area contributed by atoms with Gasteiger partial charge in [0.05, 0.1) is 0 Å². The van der Waals surface area contributed by atoms with E-state index < -0.39 is 15.4 Å². The van der Waals surface area contributed by atoms with Gasteiger partial charge < -0.3 is 0 Å². The zero-order valence-corrected chi connectivity index (χ0v) is 31.6. The molecule has 2 radical (unpaired) electrons. The third kappa shape index (κ3) is 4.03. The fourth-order valence-electron chi connectivity index (χ4n) is 11.8. The number of rotatable bonds is 2. The van der Waals surface area contributed by atoms with Crippen molar-refractivity contribution in [3.05, 3.63) is 56.6 Å². The summed E-state index contributed by atoms with van der Waals surface area (Å²) in [5.74, 6) is 0. The van der Waals surface area contributed by atoms with Crippen molar-refractivity contribution < 1.29 is 0 Å². The Balaban J connectivity index is 1.77. The molecular weight excluding hydrogens is 553 g/mol. The predicted molar refractivity (Wildman–Crippen MR) is 181 cm³/mol. The van der Waals surface area contributed by atoms with Crippen LogP contribution in [0.5, 0.6) is 0 Å². The number of hydrogen-bond donors (Lipinski definition) is 0. The average molecular weight is 612 g/mol. The van der Waals surface area contributed by atoms with Crippen LogP contribution >= 0.6 is 0 Å². The van der Waals surface area contributed by atoms with Crippen molar-refractivity contribution in [2.75, 3.05) is 0 Å². The van der Waals surface area contributed by atoms with Crippen molar-refractivity contribution in [2.45, 2.75) is 180 Å². The molecule has 0 atom stereocenters. The molecule has 4 aliphatic carbocycles. The molecule has 0 bridgehead atoms. The summed E-state index contributed by atoms with van der Waals surface area (Å²) in [6.45, 7) is 40.7. The maximum absolute atomic E-state index is 2.71. The summed E-state index contributed by atoms with van der Waals surface area (Å²) in [5.41, 5.74) is 15.4. The van der Waals surface area contributed by atoms with Crippen molar-refractivity contribution in [2.24, 2.45) is 0 Å². The van der Waals surface area contributed by atoms with Gasteiger partial charge in [-0.05, 0) is 0 Å². The van der Waals surface area contributed by atoms with Gasteiger partial charge in [-0.2, -0.15) is 0 Å². The second-order valence-corrected chi connectivity index (χ2v) is 22.7. The summed E-state index contributed by atoms with van der Waals surface area (Å²) in [7, 11) is 0. The van der Waals surface area contributed by atoms with Gasteiger partial charge in [-0.15, -0.1) is 0 Å². The molecule has 0 N–H and O–H groups in total. The summed E-state index contributed by atoms with van der Waals surface area (Å²) in [5, 5.41) is 0. The molecule has 0 amide bonds. The van der Waals surface area contributed by atoms with Crippen LogP contribution in [-0.4, -0.2) is 15.4 Å². The standard InChI is InChI=1S/C40H58Ge/c1-33(2)19-37(9,10)27-23(33)17-24-28(38(11,12)20-34(24,3)4)31(27)41-32-29-25(35(5,6)21-39(29,13)14)18-26-30(32)40(15,16)22-36(26,7)8/h17-18H,19-22H2,1-16H3. The van der Waals surface area contributed by atoms with E-state index >= 15 is 0 Å². The zero-order chi connectivity index (χ0) is 30.7. The van der Waals surface area contributed by atoms with Crippen molar-refractivity contribution in [1.29, 1.82) is 0 Å². The summed E-state index contributed by atoms with van der Waals surface area (Å²) < 4.78 is 3.67. The van der Waals surface area contributed by atoms with Crippen LogP contribution < -0.4 is 8.79 Å². The van der Waals surface area contributed by atoms with E-state index in [1.807, 2.05) is 8.79 Å². The second kappa shape index (κ2) is 7.97. The van der Waals surface area contributed by atoms with E-state index in [-0.39, 0.29) is 43.3 Å². The number of hydrogen-bond acceptors (Lipinski definition) is 0. The van der Waals surface area contributed by atoms with Crippen LogP contribution in [0.3, 0.4) is 0 Å². The van der Waals surface area contributed by atoms with Crippen LogP contribution in [0.4, 0.5) is 0 Å². The van der Waals surface area contributed by atoms with Gasteiger partial charge >= 0.3 is 261 Å². The van der Waals surface area contributed by atoms with Gasteiger partial charge in [0.25, 0.3) is 0 Å². The van der Waals surface area contributed by atoms with Crippen molar-refractivity contribution in [3.8, 4) is 0 Å². The van der Waals surface area contributed by atoms with Crippen molar-refractivity contribution in [1.82, 2.24) is 0 Å². The summed E-state index contributed by atoms with van der Waals surface area (Å²) in [6, 6.07) is 5.42. The molecular formula is C40H58Ge. The molecule has 6 rings (SSSR count). The van der Waals surface area contributed by atoms with Gasteiger partial charge in [-0.25, -0.2) is 0 Å². The zero-order valence-electron chi connectivity index (χ0n) is 29.5. The van der Waals surface area contributed by atoms with Crippen LogP contribution in [0, 0.1) is 0 Å². The SMILES string of the molecule is CC1(C)CC(C)(C)c2c1cc1c([c]2[Ge][c]2c3c(cc4c2C(C)(C)CC4(C)C)C(C)(C)CC3(C)C)C(C)(C)CC1(C)C. The van der Waals surface area contributed by atoms with Crippen molar-refractivity contribution >= 4 is 24.2 Å². The van der Waals surface area contributed by atoms with Gasteiger partial charge in [-0.1, -0.05) is 0 Å². The number of benzene rings is 2. The van der Waals surface area contributed by atoms with Gasteiger partial charge in [0.15, 0.2) is 0 Å². The Hall–Kier alpha value is -1.02. The molecule has 0 heterocycles. The molecule has 0 fully saturated rings. The Morgan fingerprint density at radius 3 is 0.732 bits per heavy atom. The summed E-state index contributed by atoms with van der Waals surface area (Å²) >= 11 is -0.601. The average Bonchev–Trinajstić information content (AvgIpc) is 3.22. The van der Waals surface area contributed by atoms with Gasteiger partial charge in [0.1, 0.15) is 0 Å². The monoisotopic (exact) mass is 612 g/mol. The Kier molecular flexibility index (Phi) is 5.84. The van der Waals surface area contributed by atoms with E-state index in [9.17, 15) is 0 Å². The minimum atomic E-state index is -0.601. The van der Waals surface area contributed by atoms with E-state index in [1.54, 1.807) is 44.5 Å². The van der Waals surface area contributed by atoms with Crippen LogP contribution in [0.2, 0.25) is 0 Å². The van der Waals surface area contributed by atoms with Crippen LogP contribution in [0.15, 0.2) is 12.1 Å². The maximum atomic E-state index is 2.71. The molecule has 0 aromatic heterocycles. The fourth-order valence-corrected chi connectivity index (χ4v) is 17.4. The van der Waals surface area contributed by atoms with E-state index in [0.717, 1.165) is 0 Å². The third-order valence-corrected chi connectivity index (χ3v) is 15.2. The quantitative estimate of drug-likeness (QED) is 0.297. The van der Waals surface area contributed by atoms with Crippen LogP contribution in [0.25, 0.3) is 0 Å². The Bertz CT molecular complexity index is 1280. The predicted octanol–water partition coefficient (Wildman–Crippen LogP) is 9.18. The minimum absolute atomic E-state index is 0.209. The van der Waals surface area contributed by atoms with Crippen LogP contribution in [0.1, 0.15) is 181 Å². The van der Waals surface area contributed by atoms with E-state index in [0.29, 0.717) is 0 Å². The first-order valence-corrected chi connectivity index (χ1v) is 18.6. The first-order valence-electron chi connectivity index (χ1n) is 16.5. The molecule has 0 saturated heterocycles. The first-order chi connectivity index (χ1) is 18.3. The molecule has 1 heteroatoms. The summed E-state index contributed by atoms with van der Waals surface area (Å²) in [4.78, 5) is 0. The molecule has 0 spiro atoms. The van der Waals surface area contributed by atoms with Gasteiger partial charge in [-0.3, -0.25) is 0 Å². The molecule has 41 heavy (non-hydrogen) atoms. The first kappa shape index (κ1) is 30.0.